The van der Waals surface area contributed by atoms with E-state index in [1.165, 1.54) is 0 Å². The van der Waals surface area contributed by atoms with E-state index in [1.807, 2.05) is 25.7 Å². The Labute approximate surface area is 127 Å². The van der Waals surface area contributed by atoms with E-state index in [-0.39, 0.29) is 6.09 Å². The molecule has 2 rings (SSSR count). The highest BCUT2D eigenvalue weighted by atomic mass is 16.6. The smallest absolute Gasteiger partial charge is 0.410 e. The van der Waals surface area contributed by atoms with Crippen LogP contribution in [0.5, 0.6) is 0 Å². The Morgan fingerprint density at radius 1 is 1.33 bits per heavy atom. The Morgan fingerprint density at radius 3 is 2.57 bits per heavy atom. The third-order valence-corrected chi connectivity index (χ3v) is 4.18. The van der Waals surface area contributed by atoms with Crippen LogP contribution in [0.3, 0.4) is 0 Å². The Kier molecular flexibility index (Phi) is 5.46. The second-order valence-corrected chi connectivity index (χ2v) is 6.93. The molecular formula is C15H29N3O3. The number of amides is 1. The van der Waals surface area contributed by atoms with Crippen LogP contribution < -0.4 is 5.73 Å². The van der Waals surface area contributed by atoms with Crippen LogP contribution in [0, 0.1) is 5.92 Å². The van der Waals surface area contributed by atoms with Gasteiger partial charge in [-0.3, -0.25) is 4.90 Å². The fraction of sp³-hybridized carbons (Fsp3) is 0.933. The van der Waals surface area contributed by atoms with Crippen molar-refractivity contribution < 1.29 is 14.3 Å². The van der Waals surface area contributed by atoms with Crippen LogP contribution in [0.4, 0.5) is 4.79 Å². The predicted molar refractivity (Wildman–Crippen MR) is 81.1 cm³/mol. The van der Waals surface area contributed by atoms with E-state index in [1.54, 1.807) is 0 Å². The van der Waals surface area contributed by atoms with Gasteiger partial charge in [0, 0.05) is 38.8 Å². The summed E-state index contributed by atoms with van der Waals surface area (Å²) < 4.78 is 10.9. The lowest BCUT2D eigenvalue weighted by atomic mass is 9.97. The van der Waals surface area contributed by atoms with Gasteiger partial charge < -0.3 is 20.1 Å². The number of nitrogens with zero attached hydrogens (tertiary/aromatic N) is 2. The molecule has 6 nitrogen and oxygen atoms in total. The quantitative estimate of drug-likeness (QED) is 0.839. The van der Waals surface area contributed by atoms with Gasteiger partial charge in [0.25, 0.3) is 0 Å². The van der Waals surface area contributed by atoms with E-state index in [4.69, 9.17) is 15.2 Å². The second kappa shape index (κ2) is 6.94. The molecule has 0 aromatic carbocycles. The van der Waals surface area contributed by atoms with Gasteiger partial charge in [-0.05, 0) is 33.1 Å². The van der Waals surface area contributed by atoms with E-state index < -0.39 is 5.60 Å². The summed E-state index contributed by atoms with van der Waals surface area (Å²) >= 11 is 0. The standard InChI is InChI=1S/C15H29N3O3/c1-15(2,3)21-14(19)18-5-4-12(11-18)13(10-16)17-6-8-20-9-7-17/h12-13H,4-11,16H2,1-3H3. The summed E-state index contributed by atoms with van der Waals surface area (Å²) in [6.45, 7) is 11.3. The molecule has 0 aromatic heterocycles. The molecule has 122 valence electrons. The van der Waals surface area contributed by atoms with Crippen molar-refractivity contribution in [1.29, 1.82) is 0 Å². The number of carbonyl (C=O) groups is 1. The van der Waals surface area contributed by atoms with Gasteiger partial charge in [0.2, 0.25) is 0 Å². The number of rotatable bonds is 3. The third kappa shape index (κ3) is 4.56. The lowest BCUT2D eigenvalue weighted by molar-refractivity contribution is 0.00391. The Morgan fingerprint density at radius 2 is 2.00 bits per heavy atom. The minimum Gasteiger partial charge on any atom is -0.444 e. The number of morpholine rings is 1. The summed E-state index contributed by atoms with van der Waals surface area (Å²) in [4.78, 5) is 16.4. The molecule has 2 saturated heterocycles. The first-order valence-electron chi connectivity index (χ1n) is 7.90. The molecule has 0 radical (unpaired) electrons. The second-order valence-electron chi connectivity index (χ2n) is 6.93. The zero-order valence-electron chi connectivity index (χ0n) is 13.5. The highest BCUT2D eigenvalue weighted by Crippen LogP contribution is 2.25. The maximum Gasteiger partial charge on any atom is 0.410 e. The summed E-state index contributed by atoms with van der Waals surface area (Å²) in [7, 11) is 0. The molecule has 0 bridgehead atoms. The summed E-state index contributed by atoms with van der Waals surface area (Å²) in [5.41, 5.74) is 5.55. The fourth-order valence-electron chi connectivity index (χ4n) is 3.14. The van der Waals surface area contributed by atoms with Crippen molar-refractivity contribution in [3.8, 4) is 0 Å². The van der Waals surface area contributed by atoms with Gasteiger partial charge in [-0.2, -0.15) is 0 Å². The van der Waals surface area contributed by atoms with Gasteiger partial charge in [-0.1, -0.05) is 0 Å². The van der Waals surface area contributed by atoms with Crippen LogP contribution >= 0.6 is 0 Å². The Hall–Kier alpha value is -0.850. The number of hydrogen-bond acceptors (Lipinski definition) is 5. The summed E-state index contributed by atoms with van der Waals surface area (Å²) in [6.07, 6.45) is 0.793. The summed E-state index contributed by atoms with van der Waals surface area (Å²) in [5.74, 6) is 0.431. The van der Waals surface area contributed by atoms with Crippen molar-refractivity contribution in [1.82, 2.24) is 9.80 Å². The number of ether oxygens (including phenoxy) is 2. The van der Waals surface area contributed by atoms with Gasteiger partial charge in [0.1, 0.15) is 5.60 Å². The average molecular weight is 299 g/mol. The van der Waals surface area contributed by atoms with E-state index in [2.05, 4.69) is 4.90 Å². The molecule has 2 atom stereocenters. The van der Waals surface area contributed by atoms with Crippen LogP contribution in [0.15, 0.2) is 0 Å². The summed E-state index contributed by atoms with van der Waals surface area (Å²) in [5, 5.41) is 0. The molecule has 1 amide bonds. The normalized spacial score (nSPS) is 25.9. The van der Waals surface area contributed by atoms with Crippen molar-refractivity contribution in [2.45, 2.75) is 38.8 Å². The molecule has 2 N–H and O–H groups in total. The van der Waals surface area contributed by atoms with E-state index >= 15 is 0 Å². The van der Waals surface area contributed by atoms with Crippen LogP contribution in [0.2, 0.25) is 0 Å². The van der Waals surface area contributed by atoms with Crippen molar-refractivity contribution >= 4 is 6.09 Å². The lowest BCUT2D eigenvalue weighted by Crippen LogP contribution is -2.51. The van der Waals surface area contributed by atoms with Crippen LogP contribution in [0.25, 0.3) is 0 Å². The zero-order valence-corrected chi connectivity index (χ0v) is 13.5. The zero-order chi connectivity index (χ0) is 15.5. The van der Waals surface area contributed by atoms with Crippen molar-refractivity contribution in [3.63, 3.8) is 0 Å². The monoisotopic (exact) mass is 299 g/mol. The first-order valence-corrected chi connectivity index (χ1v) is 7.90. The van der Waals surface area contributed by atoms with Crippen molar-refractivity contribution in [3.05, 3.63) is 0 Å². The lowest BCUT2D eigenvalue weighted by Gasteiger charge is -2.37. The topological polar surface area (TPSA) is 68.0 Å². The van der Waals surface area contributed by atoms with Gasteiger partial charge in [0.15, 0.2) is 0 Å². The largest absolute Gasteiger partial charge is 0.444 e. The van der Waals surface area contributed by atoms with Gasteiger partial charge in [0.05, 0.1) is 13.2 Å². The van der Waals surface area contributed by atoms with Gasteiger partial charge in [-0.15, -0.1) is 0 Å². The Balaban J connectivity index is 1.89. The first kappa shape index (κ1) is 16.5. The average Bonchev–Trinajstić information content (AvgIpc) is 2.89. The molecule has 2 aliphatic heterocycles. The molecule has 2 fully saturated rings. The molecule has 2 unspecified atom stereocenters. The number of nitrogens with two attached hydrogens (primary N) is 1. The molecule has 6 heteroatoms. The minimum absolute atomic E-state index is 0.206. The first-order chi connectivity index (χ1) is 9.90. The predicted octanol–water partition coefficient (Wildman–Crippen LogP) is 0.903. The fourth-order valence-corrected chi connectivity index (χ4v) is 3.14. The van der Waals surface area contributed by atoms with Gasteiger partial charge in [-0.25, -0.2) is 4.79 Å². The third-order valence-electron chi connectivity index (χ3n) is 4.18. The number of carbonyl (C=O) groups excluding carboxylic acids is 1. The number of likely N-dealkylation sites (tertiary alicyclic amines) is 1. The van der Waals surface area contributed by atoms with Crippen LogP contribution in [-0.2, 0) is 9.47 Å². The maximum atomic E-state index is 12.1. The highest BCUT2D eigenvalue weighted by Gasteiger charge is 2.36. The molecule has 0 aromatic rings. The maximum absolute atomic E-state index is 12.1. The highest BCUT2D eigenvalue weighted by molar-refractivity contribution is 5.68. The molecule has 0 spiro atoms. The molecule has 2 heterocycles. The Bertz CT molecular complexity index is 351. The molecular weight excluding hydrogens is 270 g/mol. The molecule has 0 saturated carbocycles. The van der Waals surface area contributed by atoms with E-state index in [0.29, 0.717) is 18.5 Å². The minimum atomic E-state index is -0.438. The van der Waals surface area contributed by atoms with Gasteiger partial charge >= 0.3 is 6.09 Å². The van der Waals surface area contributed by atoms with Crippen LogP contribution in [0.1, 0.15) is 27.2 Å². The molecule has 0 aliphatic carbocycles. The van der Waals surface area contributed by atoms with E-state index in [9.17, 15) is 4.79 Å². The van der Waals surface area contributed by atoms with Crippen molar-refractivity contribution in [2.75, 3.05) is 45.9 Å². The summed E-state index contributed by atoms with van der Waals surface area (Å²) in [6, 6.07) is 0.335. The molecule has 2 aliphatic rings. The van der Waals surface area contributed by atoms with Crippen LogP contribution in [-0.4, -0.2) is 73.5 Å². The number of hydrogen-bond donors (Lipinski definition) is 1. The SMILES string of the molecule is CC(C)(C)OC(=O)N1CCC(C(CN)N2CCOCC2)C1. The van der Waals surface area contributed by atoms with E-state index in [0.717, 1.165) is 45.8 Å². The molecule has 21 heavy (non-hydrogen) atoms. The van der Waals surface area contributed by atoms with Crippen molar-refractivity contribution in [2.24, 2.45) is 11.7 Å².